The fourth-order valence-electron chi connectivity index (χ4n) is 2.55. The second-order valence-corrected chi connectivity index (χ2v) is 8.96. The van der Waals surface area contributed by atoms with Crippen LogP contribution in [0, 0.1) is 32.6 Å². The SMILES string of the molecule is Cc1nc2nc(S(=O)(=O)N(CC(C)C)CC(C)C)nn2c(C)c1C. The number of fused-ring (bicyclic) bond motifs is 1. The Morgan fingerprint density at radius 3 is 2.04 bits per heavy atom. The van der Waals surface area contributed by atoms with Crippen LogP contribution in [0.15, 0.2) is 5.16 Å². The molecule has 0 spiro atoms. The maximum absolute atomic E-state index is 13.0. The van der Waals surface area contributed by atoms with Gasteiger partial charge in [0.25, 0.3) is 21.0 Å². The average Bonchev–Trinajstić information content (AvgIpc) is 2.88. The molecule has 0 saturated heterocycles. The zero-order chi connectivity index (χ0) is 18.2. The Hall–Kier alpha value is -1.54. The van der Waals surface area contributed by atoms with Gasteiger partial charge >= 0.3 is 0 Å². The Bertz CT molecular complexity index is 830. The predicted molar refractivity (Wildman–Crippen MR) is 93.4 cm³/mol. The van der Waals surface area contributed by atoms with Crippen molar-refractivity contribution in [1.29, 1.82) is 0 Å². The van der Waals surface area contributed by atoms with E-state index in [2.05, 4.69) is 15.1 Å². The summed E-state index contributed by atoms with van der Waals surface area (Å²) >= 11 is 0. The van der Waals surface area contributed by atoms with E-state index in [1.165, 1.54) is 8.82 Å². The first kappa shape index (κ1) is 18.8. The molecule has 2 aromatic rings. The van der Waals surface area contributed by atoms with Gasteiger partial charge in [0.2, 0.25) is 0 Å². The van der Waals surface area contributed by atoms with Crippen molar-refractivity contribution in [3.63, 3.8) is 0 Å². The van der Waals surface area contributed by atoms with E-state index < -0.39 is 10.0 Å². The van der Waals surface area contributed by atoms with Crippen LogP contribution in [0.3, 0.4) is 0 Å². The standard InChI is InChI=1S/C16H27N5O2S/c1-10(2)8-20(9-11(3)4)24(22,23)16-18-15-17-13(6)12(5)14(7)21(15)19-16/h10-11H,8-9H2,1-7H3. The smallest absolute Gasteiger partial charge is 0.216 e. The maximum atomic E-state index is 13.0. The lowest BCUT2D eigenvalue weighted by Crippen LogP contribution is -2.37. The van der Waals surface area contributed by atoms with Crippen molar-refractivity contribution < 1.29 is 8.42 Å². The van der Waals surface area contributed by atoms with Crippen LogP contribution in [0.4, 0.5) is 0 Å². The van der Waals surface area contributed by atoms with Gasteiger partial charge in [-0.25, -0.2) is 13.4 Å². The van der Waals surface area contributed by atoms with Gasteiger partial charge in [0.15, 0.2) is 0 Å². The normalized spacial score (nSPS) is 12.9. The molecule has 8 heteroatoms. The van der Waals surface area contributed by atoms with Gasteiger partial charge in [-0.05, 0) is 38.2 Å². The van der Waals surface area contributed by atoms with Crippen molar-refractivity contribution in [2.24, 2.45) is 11.8 Å². The molecular formula is C16H27N5O2S. The highest BCUT2D eigenvalue weighted by Gasteiger charge is 2.30. The van der Waals surface area contributed by atoms with Gasteiger partial charge in [-0.3, -0.25) is 0 Å². The molecule has 7 nitrogen and oxygen atoms in total. The first-order valence-electron chi connectivity index (χ1n) is 8.24. The summed E-state index contributed by atoms with van der Waals surface area (Å²) in [4.78, 5) is 8.55. The Balaban J connectivity index is 2.54. The maximum Gasteiger partial charge on any atom is 0.284 e. The number of aromatic nitrogens is 4. The van der Waals surface area contributed by atoms with E-state index in [0.29, 0.717) is 18.9 Å². The summed E-state index contributed by atoms with van der Waals surface area (Å²) in [7, 11) is -3.75. The minimum absolute atomic E-state index is 0.176. The molecule has 0 amide bonds. The van der Waals surface area contributed by atoms with Crippen molar-refractivity contribution in [3.8, 4) is 0 Å². The van der Waals surface area contributed by atoms with Crippen LogP contribution in [0.25, 0.3) is 5.78 Å². The molecule has 0 unspecified atom stereocenters. The van der Waals surface area contributed by atoms with E-state index in [4.69, 9.17) is 0 Å². The minimum atomic E-state index is -3.75. The van der Waals surface area contributed by atoms with Crippen LogP contribution in [-0.4, -0.2) is 45.4 Å². The third-order valence-corrected chi connectivity index (χ3v) is 5.56. The highest BCUT2D eigenvalue weighted by atomic mass is 32.2. The Labute approximate surface area is 144 Å². The first-order valence-corrected chi connectivity index (χ1v) is 9.68. The van der Waals surface area contributed by atoms with Gasteiger partial charge in [-0.2, -0.15) is 13.8 Å². The quantitative estimate of drug-likeness (QED) is 0.796. The van der Waals surface area contributed by atoms with Gasteiger partial charge in [0, 0.05) is 24.5 Å². The summed E-state index contributed by atoms with van der Waals surface area (Å²) in [6, 6.07) is 0. The van der Waals surface area contributed by atoms with Crippen LogP contribution in [-0.2, 0) is 10.0 Å². The molecule has 0 fully saturated rings. The predicted octanol–water partition coefficient (Wildman–Crippen LogP) is 2.35. The molecule has 2 aromatic heterocycles. The van der Waals surface area contributed by atoms with E-state index in [1.807, 2.05) is 48.5 Å². The van der Waals surface area contributed by atoms with Gasteiger partial charge in [-0.15, -0.1) is 5.10 Å². The fraction of sp³-hybridized carbons (Fsp3) is 0.688. The van der Waals surface area contributed by atoms with Gasteiger partial charge in [0.1, 0.15) is 0 Å². The summed E-state index contributed by atoms with van der Waals surface area (Å²) in [5, 5.41) is 4.06. The monoisotopic (exact) mass is 353 g/mol. The molecule has 24 heavy (non-hydrogen) atoms. The molecule has 0 N–H and O–H groups in total. The summed E-state index contributed by atoms with van der Waals surface area (Å²) in [5.41, 5.74) is 2.67. The number of aryl methyl sites for hydroxylation is 2. The third kappa shape index (κ3) is 3.59. The zero-order valence-corrected chi connectivity index (χ0v) is 16.3. The summed E-state index contributed by atoms with van der Waals surface area (Å²) in [5.74, 6) is 0.767. The van der Waals surface area contributed by atoms with Crippen molar-refractivity contribution in [3.05, 3.63) is 17.0 Å². The highest BCUT2D eigenvalue weighted by Crippen LogP contribution is 2.18. The zero-order valence-electron chi connectivity index (χ0n) is 15.5. The Morgan fingerprint density at radius 2 is 1.54 bits per heavy atom. The largest absolute Gasteiger partial charge is 0.284 e. The van der Waals surface area contributed by atoms with E-state index in [0.717, 1.165) is 17.0 Å². The Morgan fingerprint density at radius 1 is 1.00 bits per heavy atom. The molecule has 134 valence electrons. The van der Waals surface area contributed by atoms with Crippen molar-refractivity contribution in [2.45, 2.75) is 53.6 Å². The van der Waals surface area contributed by atoms with E-state index >= 15 is 0 Å². The number of rotatable bonds is 6. The van der Waals surface area contributed by atoms with Crippen LogP contribution in [0.2, 0.25) is 0 Å². The van der Waals surface area contributed by atoms with Crippen molar-refractivity contribution in [2.75, 3.05) is 13.1 Å². The van der Waals surface area contributed by atoms with Crippen LogP contribution >= 0.6 is 0 Å². The number of hydrogen-bond acceptors (Lipinski definition) is 5. The number of hydrogen-bond donors (Lipinski definition) is 0. The Kier molecular flexibility index (Phi) is 5.29. The molecule has 0 bridgehead atoms. The van der Waals surface area contributed by atoms with E-state index in [-0.39, 0.29) is 17.0 Å². The molecule has 0 aliphatic carbocycles. The van der Waals surface area contributed by atoms with Crippen molar-refractivity contribution in [1.82, 2.24) is 23.9 Å². The highest BCUT2D eigenvalue weighted by molar-refractivity contribution is 7.88. The summed E-state index contributed by atoms with van der Waals surface area (Å²) in [6.45, 7) is 14.6. The van der Waals surface area contributed by atoms with Gasteiger partial charge in [-0.1, -0.05) is 27.7 Å². The van der Waals surface area contributed by atoms with Crippen LogP contribution < -0.4 is 0 Å². The topological polar surface area (TPSA) is 80.5 Å². The lowest BCUT2D eigenvalue weighted by atomic mass is 10.2. The molecular weight excluding hydrogens is 326 g/mol. The van der Waals surface area contributed by atoms with E-state index in [9.17, 15) is 8.42 Å². The first-order chi connectivity index (χ1) is 11.0. The fourth-order valence-corrected chi connectivity index (χ4v) is 4.15. The number of nitrogens with zero attached hydrogens (tertiary/aromatic N) is 5. The number of sulfonamides is 1. The van der Waals surface area contributed by atoms with Gasteiger partial charge < -0.3 is 0 Å². The van der Waals surface area contributed by atoms with Crippen LogP contribution in [0.1, 0.15) is 44.6 Å². The molecule has 0 radical (unpaired) electrons. The van der Waals surface area contributed by atoms with Crippen LogP contribution in [0.5, 0.6) is 0 Å². The second-order valence-electron chi connectivity index (χ2n) is 7.12. The lowest BCUT2D eigenvalue weighted by molar-refractivity contribution is 0.331. The molecule has 0 aromatic carbocycles. The molecule has 0 atom stereocenters. The van der Waals surface area contributed by atoms with Gasteiger partial charge in [0.05, 0.1) is 0 Å². The second kappa shape index (κ2) is 6.76. The average molecular weight is 353 g/mol. The molecule has 0 saturated carbocycles. The third-order valence-electron chi connectivity index (χ3n) is 3.95. The van der Waals surface area contributed by atoms with E-state index in [1.54, 1.807) is 0 Å². The summed E-state index contributed by atoms with van der Waals surface area (Å²) in [6.07, 6.45) is 0. The summed E-state index contributed by atoms with van der Waals surface area (Å²) < 4.78 is 29.0. The molecule has 0 aliphatic heterocycles. The van der Waals surface area contributed by atoms with Crippen molar-refractivity contribution >= 4 is 15.8 Å². The molecule has 2 heterocycles. The lowest BCUT2D eigenvalue weighted by Gasteiger charge is -2.23. The molecule has 0 aliphatic rings. The molecule has 2 rings (SSSR count). The minimum Gasteiger partial charge on any atom is -0.216 e.